The Morgan fingerprint density at radius 3 is 2.43 bits per heavy atom. The summed E-state index contributed by atoms with van der Waals surface area (Å²) in [6.45, 7) is 0.100. The van der Waals surface area contributed by atoms with E-state index in [2.05, 4.69) is 4.98 Å². The molecular weight excluding hydrogens is 281 g/mol. The van der Waals surface area contributed by atoms with Crippen molar-refractivity contribution >= 4 is 0 Å². The van der Waals surface area contributed by atoms with Crippen molar-refractivity contribution in [3.05, 3.63) is 65.5 Å². The number of aromatic nitrogens is 1. The zero-order chi connectivity index (χ0) is 15.5. The Morgan fingerprint density at radius 2 is 1.86 bits per heavy atom. The molecule has 2 aromatic rings. The highest BCUT2D eigenvalue weighted by Crippen LogP contribution is 2.34. The van der Waals surface area contributed by atoms with Crippen LogP contribution in [0.5, 0.6) is 0 Å². The van der Waals surface area contributed by atoms with Gasteiger partial charge in [0.15, 0.2) is 0 Å². The number of halogens is 3. The Kier molecular flexibility index (Phi) is 4.59. The van der Waals surface area contributed by atoms with Crippen LogP contribution in [-0.4, -0.2) is 16.6 Å². The van der Waals surface area contributed by atoms with E-state index in [0.29, 0.717) is 5.56 Å². The molecular formula is C15H15F3N2O. The lowest BCUT2D eigenvalue weighted by Crippen LogP contribution is -2.20. The van der Waals surface area contributed by atoms with Gasteiger partial charge in [-0.15, -0.1) is 0 Å². The number of pyridine rings is 1. The summed E-state index contributed by atoms with van der Waals surface area (Å²) in [7, 11) is 0. The summed E-state index contributed by atoms with van der Waals surface area (Å²) < 4.78 is 38.2. The highest BCUT2D eigenvalue weighted by Gasteiger charge is 2.31. The van der Waals surface area contributed by atoms with Crippen LogP contribution in [0.15, 0.2) is 48.8 Å². The topological polar surface area (TPSA) is 59.1 Å². The molecule has 0 aliphatic heterocycles. The maximum Gasteiger partial charge on any atom is 0.416 e. The van der Waals surface area contributed by atoms with Crippen LogP contribution >= 0.6 is 0 Å². The van der Waals surface area contributed by atoms with E-state index in [1.165, 1.54) is 12.1 Å². The molecule has 1 aromatic heterocycles. The molecule has 0 fully saturated rings. The van der Waals surface area contributed by atoms with Gasteiger partial charge in [-0.25, -0.2) is 0 Å². The van der Waals surface area contributed by atoms with Gasteiger partial charge < -0.3 is 10.8 Å². The van der Waals surface area contributed by atoms with E-state index in [9.17, 15) is 18.3 Å². The molecule has 2 atom stereocenters. The molecule has 112 valence electrons. The highest BCUT2D eigenvalue weighted by molar-refractivity contribution is 5.30. The van der Waals surface area contributed by atoms with Crippen LogP contribution in [0, 0.1) is 0 Å². The summed E-state index contributed by atoms with van der Waals surface area (Å²) in [6, 6.07) is 8.08. The summed E-state index contributed by atoms with van der Waals surface area (Å²) in [5, 5.41) is 10.3. The molecule has 21 heavy (non-hydrogen) atoms. The molecule has 1 heterocycles. The maximum atomic E-state index is 12.7. The second-order valence-electron chi connectivity index (χ2n) is 4.70. The molecule has 3 nitrogen and oxygen atoms in total. The molecule has 1 aromatic carbocycles. The minimum absolute atomic E-state index is 0.100. The van der Waals surface area contributed by atoms with Gasteiger partial charge in [-0.05, 0) is 29.3 Å². The fourth-order valence-electron chi connectivity index (χ4n) is 2.17. The third kappa shape index (κ3) is 3.59. The Bertz CT molecular complexity index is 587. The third-order valence-corrected chi connectivity index (χ3v) is 3.30. The molecule has 0 radical (unpaired) electrons. The van der Waals surface area contributed by atoms with Crippen molar-refractivity contribution in [2.45, 2.75) is 18.2 Å². The van der Waals surface area contributed by atoms with E-state index in [0.717, 1.165) is 12.1 Å². The highest BCUT2D eigenvalue weighted by atomic mass is 19.4. The zero-order valence-corrected chi connectivity index (χ0v) is 11.1. The Hall–Kier alpha value is -1.92. The van der Waals surface area contributed by atoms with Gasteiger partial charge in [0, 0.05) is 24.9 Å². The molecule has 2 rings (SSSR count). The van der Waals surface area contributed by atoms with Gasteiger partial charge in [0.05, 0.1) is 11.7 Å². The van der Waals surface area contributed by atoms with Crippen LogP contribution in [0.2, 0.25) is 0 Å². The van der Waals surface area contributed by atoms with Crippen LogP contribution in [-0.2, 0) is 6.18 Å². The standard InChI is InChI=1S/C15H15F3N2O/c16-15(17,18)12-5-1-3-10(7-12)14(21)13(8-19)11-4-2-6-20-9-11/h1-7,9,13-14,21H,8,19H2. The van der Waals surface area contributed by atoms with Gasteiger partial charge in [-0.3, -0.25) is 4.98 Å². The summed E-state index contributed by atoms with van der Waals surface area (Å²) in [6.07, 6.45) is -2.44. The number of aliphatic hydroxyl groups is 1. The maximum absolute atomic E-state index is 12.7. The summed E-state index contributed by atoms with van der Waals surface area (Å²) in [5.74, 6) is -0.512. The molecule has 0 saturated carbocycles. The van der Waals surface area contributed by atoms with Gasteiger partial charge >= 0.3 is 6.18 Å². The summed E-state index contributed by atoms with van der Waals surface area (Å²) in [4.78, 5) is 3.94. The molecule has 0 aliphatic rings. The quantitative estimate of drug-likeness (QED) is 0.912. The fraction of sp³-hybridized carbons (Fsp3) is 0.267. The average Bonchev–Trinajstić information content (AvgIpc) is 2.48. The SMILES string of the molecule is NCC(c1cccnc1)C(O)c1cccc(C(F)(F)F)c1. The van der Waals surface area contributed by atoms with Gasteiger partial charge in [-0.1, -0.05) is 18.2 Å². The third-order valence-electron chi connectivity index (χ3n) is 3.30. The number of hydrogen-bond acceptors (Lipinski definition) is 3. The second-order valence-corrected chi connectivity index (χ2v) is 4.70. The Labute approximate surface area is 120 Å². The van der Waals surface area contributed by atoms with Crippen LogP contribution < -0.4 is 5.73 Å². The molecule has 0 amide bonds. The largest absolute Gasteiger partial charge is 0.416 e. The lowest BCUT2D eigenvalue weighted by molar-refractivity contribution is -0.137. The van der Waals surface area contributed by atoms with Crippen LogP contribution in [0.4, 0.5) is 13.2 Å². The van der Waals surface area contributed by atoms with Gasteiger partial charge in [-0.2, -0.15) is 13.2 Å². The number of nitrogens with zero attached hydrogens (tertiary/aromatic N) is 1. The zero-order valence-electron chi connectivity index (χ0n) is 11.1. The lowest BCUT2D eigenvalue weighted by Gasteiger charge is -2.22. The van der Waals surface area contributed by atoms with Crippen molar-refractivity contribution in [3.63, 3.8) is 0 Å². The van der Waals surface area contributed by atoms with Gasteiger partial charge in [0.2, 0.25) is 0 Å². The van der Waals surface area contributed by atoms with Gasteiger partial charge in [0.25, 0.3) is 0 Å². The van der Waals surface area contributed by atoms with Crippen molar-refractivity contribution < 1.29 is 18.3 Å². The molecule has 2 unspecified atom stereocenters. The van der Waals surface area contributed by atoms with E-state index < -0.39 is 23.8 Å². The normalized spacial score (nSPS) is 14.7. The summed E-state index contributed by atoms with van der Waals surface area (Å²) in [5.41, 5.74) is 5.74. The fourth-order valence-corrected chi connectivity index (χ4v) is 2.17. The average molecular weight is 296 g/mol. The van der Waals surface area contributed by atoms with E-state index in [1.54, 1.807) is 24.5 Å². The first-order valence-electron chi connectivity index (χ1n) is 6.38. The van der Waals surface area contributed by atoms with Crippen LogP contribution in [0.3, 0.4) is 0 Å². The van der Waals surface area contributed by atoms with E-state index in [-0.39, 0.29) is 12.1 Å². The minimum atomic E-state index is -4.44. The number of hydrogen-bond donors (Lipinski definition) is 2. The molecule has 3 N–H and O–H groups in total. The number of aliphatic hydroxyl groups excluding tert-OH is 1. The minimum Gasteiger partial charge on any atom is -0.388 e. The number of alkyl halides is 3. The van der Waals surface area contributed by atoms with Crippen molar-refractivity contribution in [1.29, 1.82) is 0 Å². The first-order valence-corrected chi connectivity index (χ1v) is 6.38. The summed E-state index contributed by atoms with van der Waals surface area (Å²) >= 11 is 0. The van der Waals surface area contributed by atoms with Crippen molar-refractivity contribution in [1.82, 2.24) is 4.98 Å². The predicted octanol–water partition coefficient (Wildman–Crippen LogP) is 2.88. The van der Waals surface area contributed by atoms with E-state index >= 15 is 0 Å². The van der Waals surface area contributed by atoms with Crippen molar-refractivity contribution in [2.24, 2.45) is 5.73 Å². The molecule has 0 bridgehead atoms. The molecule has 0 aliphatic carbocycles. The van der Waals surface area contributed by atoms with E-state index in [4.69, 9.17) is 5.73 Å². The van der Waals surface area contributed by atoms with Crippen molar-refractivity contribution in [3.8, 4) is 0 Å². The first kappa shape index (κ1) is 15.5. The monoisotopic (exact) mass is 296 g/mol. The number of rotatable bonds is 4. The number of benzene rings is 1. The number of nitrogens with two attached hydrogens (primary N) is 1. The molecule has 0 saturated heterocycles. The first-order chi connectivity index (χ1) is 9.93. The smallest absolute Gasteiger partial charge is 0.388 e. The van der Waals surface area contributed by atoms with E-state index in [1.807, 2.05) is 0 Å². The van der Waals surface area contributed by atoms with Crippen LogP contribution in [0.25, 0.3) is 0 Å². The van der Waals surface area contributed by atoms with Gasteiger partial charge in [0.1, 0.15) is 0 Å². The Morgan fingerprint density at radius 1 is 1.14 bits per heavy atom. The molecule has 6 heteroatoms. The van der Waals surface area contributed by atoms with Crippen molar-refractivity contribution in [2.75, 3.05) is 6.54 Å². The lowest BCUT2D eigenvalue weighted by atomic mass is 9.89. The van der Waals surface area contributed by atoms with Crippen LogP contribution in [0.1, 0.15) is 28.7 Å². The Balaban J connectivity index is 2.32. The second kappa shape index (κ2) is 6.24. The predicted molar refractivity (Wildman–Crippen MR) is 72.4 cm³/mol. The molecule has 0 spiro atoms.